The highest BCUT2D eigenvalue weighted by Gasteiger charge is 2.34. The fourth-order valence-electron chi connectivity index (χ4n) is 4.15. The summed E-state index contributed by atoms with van der Waals surface area (Å²) >= 11 is 0. The zero-order chi connectivity index (χ0) is 31.7. The van der Waals surface area contributed by atoms with Crippen molar-refractivity contribution in [3.05, 3.63) is 109 Å². The molecular formula is C29H17F9N4O2. The first-order chi connectivity index (χ1) is 20.6. The SMILES string of the molecule is FC(F)(F)Oc1ccc(-c2ccc3ncc(C(F)(F)F)n3c2)cc1.FC(F)(F)Oc1ccc(-c2ccc3nccn3c2)cc1. The van der Waals surface area contributed by atoms with Crippen LogP contribution in [0.25, 0.3) is 33.5 Å². The van der Waals surface area contributed by atoms with Gasteiger partial charge in [0.15, 0.2) is 0 Å². The van der Waals surface area contributed by atoms with Crippen LogP contribution in [0.3, 0.4) is 0 Å². The number of fused-ring (bicyclic) bond motifs is 2. The van der Waals surface area contributed by atoms with E-state index in [-0.39, 0.29) is 11.4 Å². The molecule has 2 aromatic carbocycles. The summed E-state index contributed by atoms with van der Waals surface area (Å²) in [5.41, 5.74) is 2.51. The first-order valence-electron chi connectivity index (χ1n) is 12.3. The molecule has 0 bridgehead atoms. The fraction of sp³-hybridized carbons (Fsp3) is 0.103. The summed E-state index contributed by atoms with van der Waals surface area (Å²) in [5, 5.41) is 0. The quantitative estimate of drug-likeness (QED) is 0.184. The molecule has 0 unspecified atom stereocenters. The van der Waals surface area contributed by atoms with Crippen LogP contribution in [0.2, 0.25) is 0 Å². The Hall–Kier alpha value is -5.21. The Morgan fingerprint density at radius 1 is 0.523 bits per heavy atom. The van der Waals surface area contributed by atoms with Crippen LogP contribution < -0.4 is 9.47 Å². The maximum Gasteiger partial charge on any atom is 0.573 e. The van der Waals surface area contributed by atoms with Crippen LogP contribution in [0, 0.1) is 0 Å². The number of nitrogens with zero attached hydrogens (tertiary/aromatic N) is 4. The predicted molar refractivity (Wildman–Crippen MR) is 140 cm³/mol. The summed E-state index contributed by atoms with van der Waals surface area (Å²) in [6.07, 6.45) is -6.75. The number of halogens is 9. The summed E-state index contributed by atoms with van der Waals surface area (Å²) in [6.45, 7) is 0. The van der Waals surface area contributed by atoms with E-state index in [0.29, 0.717) is 11.1 Å². The zero-order valence-corrected chi connectivity index (χ0v) is 21.8. The lowest BCUT2D eigenvalue weighted by Crippen LogP contribution is -2.16. The minimum Gasteiger partial charge on any atom is -0.406 e. The van der Waals surface area contributed by atoms with Gasteiger partial charge in [-0.05, 0) is 70.8 Å². The number of rotatable bonds is 4. The van der Waals surface area contributed by atoms with Crippen LogP contribution in [0.4, 0.5) is 39.5 Å². The molecule has 6 nitrogen and oxygen atoms in total. The highest BCUT2D eigenvalue weighted by molar-refractivity contribution is 5.66. The van der Waals surface area contributed by atoms with E-state index >= 15 is 0 Å². The molecule has 0 saturated heterocycles. The van der Waals surface area contributed by atoms with Gasteiger partial charge in [0.1, 0.15) is 28.5 Å². The van der Waals surface area contributed by atoms with Crippen LogP contribution >= 0.6 is 0 Å². The molecule has 0 saturated carbocycles. The van der Waals surface area contributed by atoms with Crippen molar-refractivity contribution in [2.75, 3.05) is 0 Å². The molecule has 228 valence electrons. The van der Waals surface area contributed by atoms with Crippen LogP contribution in [-0.2, 0) is 6.18 Å². The molecule has 6 rings (SSSR count). The average Bonchev–Trinajstić information content (AvgIpc) is 3.59. The van der Waals surface area contributed by atoms with Gasteiger partial charge in [0, 0.05) is 24.8 Å². The lowest BCUT2D eigenvalue weighted by Gasteiger charge is -2.10. The molecule has 0 aliphatic rings. The summed E-state index contributed by atoms with van der Waals surface area (Å²) in [7, 11) is 0. The van der Waals surface area contributed by atoms with Crippen molar-refractivity contribution in [3.63, 3.8) is 0 Å². The van der Waals surface area contributed by atoms with Crippen LogP contribution in [-0.4, -0.2) is 31.5 Å². The molecule has 0 N–H and O–H groups in total. The summed E-state index contributed by atoms with van der Waals surface area (Å²) < 4.78 is 122. The molecular weight excluding hydrogens is 607 g/mol. The van der Waals surface area contributed by atoms with E-state index in [1.54, 1.807) is 24.5 Å². The van der Waals surface area contributed by atoms with E-state index in [4.69, 9.17) is 0 Å². The fourth-order valence-corrected chi connectivity index (χ4v) is 4.15. The van der Waals surface area contributed by atoms with E-state index in [1.807, 2.05) is 22.7 Å². The third-order valence-corrected chi connectivity index (χ3v) is 6.03. The number of benzene rings is 2. The van der Waals surface area contributed by atoms with Crippen molar-refractivity contribution in [3.8, 4) is 33.8 Å². The number of alkyl halides is 9. The summed E-state index contributed by atoms with van der Waals surface area (Å²) in [5.74, 6) is -0.643. The number of pyridine rings is 2. The van der Waals surface area contributed by atoms with Gasteiger partial charge in [0.05, 0.1) is 6.20 Å². The molecule has 4 heterocycles. The van der Waals surface area contributed by atoms with Crippen molar-refractivity contribution < 1.29 is 49.0 Å². The van der Waals surface area contributed by atoms with E-state index in [0.717, 1.165) is 39.5 Å². The Morgan fingerprint density at radius 3 is 1.50 bits per heavy atom. The lowest BCUT2D eigenvalue weighted by atomic mass is 10.1. The molecule has 4 aromatic heterocycles. The van der Waals surface area contributed by atoms with Gasteiger partial charge in [-0.25, -0.2) is 9.97 Å². The van der Waals surface area contributed by atoms with Gasteiger partial charge in [-0.2, -0.15) is 13.2 Å². The molecule has 0 atom stereocenters. The summed E-state index contributed by atoms with van der Waals surface area (Å²) in [6, 6.07) is 17.2. The van der Waals surface area contributed by atoms with Gasteiger partial charge in [-0.1, -0.05) is 24.3 Å². The van der Waals surface area contributed by atoms with E-state index in [1.165, 1.54) is 42.6 Å². The molecule has 6 aromatic rings. The van der Waals surface area contributed by atoms with Gasteiger partial charge in [-0.3, -0.25) is 4.40 Å². The average molecular weight is 624 g/mol. The van der Waals surface area contributed by atoms with Crippen molar-refractivity contribution in [2.24, 2.45) is 0 Å². The Kier molecular flexibility index (Phi) is 7.88. The number of hydrogen-bond donors (Lipinski definition) is 0. The molecule has 15 heteroatoms. The largest absolute Gasteiger partial charge is 0.573 e. The Balaban J connectivity index is 0.000000177. The number of ether oxygens (including phenoxy) is 2. The smallest absolute Gasteiger partial charge is 0.406 e. The van der Waals surface area contributed by atoms with E-state index in [2.05, 4.69) is 19.4 Å². The van der Waals surface area contributed by atoms with Gasteiger partial charge < -0.3 is 13.9 Å². The maximum absolute atomic E-state index is 12.9. The van der Waals surface area contributed by atoms with Crippen molar-refractivity contribution >= 4 is 11.3 Å². The van der Waals surface area contributed by atoms with E-state index in [9.17, 15) is 39.5 Å². The van der Waals surface area contributed by atoms with Crippen LogP contribution in [0.5, 0.6) is 11.5 Å². The Morgan fingerprint density at radius 2 is 1.00 bits per heavy atom. The number of hydrogen-bond acceptors (Lipinski definition) is 4. The van der Waals surface area contributed by atoms with Crippen molar-refractivity contribution in [1.29, 1.82) is 0 Å². The number of aromatic nitrogens is 4. The monoisotopic (exact) mass is 624 g/mol. The maximum atomic E-state index is 12.9. The van der Waals surface area contributed by atoms with Gasteiger partial charge in [0.25, 0.3) is 0 Å². The highest BCUT2D eigenvalue weighted by Crippen LogP contribution is 2.32. The third kappa shape index (κ3) is 7.40. The first kappa shape index (κ1) is 30.3. The highest BCUT2D eigenvalue weighted by atomic mass is 19.4. The van der Waals surface area contributed by atoms with Crippen molar-refractivity contribution in [1.82, 2.24) is 18.8 Å². The molecule has 0 amide bonds. The Bertz CT molecular complexity index is 1870. The second kappa shape index (κ2) is 11.5. The second-order valence-corrected chi connectivity index (χ2v) is 9.04. The van der Waals surface area contributed by atoms with Gasteiger partial charge in [0.2, 0.25) is 0 Å². The van der Waals surface area contributed by atoms with Gasteiger partial charge in [-0.15, -0.1) is 26.3 Å². The van der Waals surface area contributed by atoms with Gasteiger partial charge >= 0.3 is 18.9 Å². The topological polar surface area (TPSA) is 53.1 Å². The van der Waals surface area contributed by atoms with Crippen molar-refractivity contribution in [2.45, 2.75) is 18.9 Å². The standard InChI is InChI=1S/C15H8F6N2O.C14H9F3N2O/c16-14(17,18)12-7-22-13-6-3-10(8-23(12)13)9-1-4-11(5-2-9)24-15(19,20)21;15-14(16,17)20-12-4-1-10(2-5-12)11-3-6-13-18-7-8-19(13)9-11/h1-8H;1-9H. The van der Waals surface area contributed by atoms with E-state index < -0.39 is 30.3 Å². The molecule has 0 aliphatic heterocycles. The Labute approximate surface area is 241 Å². The number of imidazole rings is 2. The third-order valence-electron chi connectivity index (χ3n) is 6.03. The zero-order valence-electron chi connectivity index (χ0n) is 21.8. The second-order valence-electron chi connectivity index (χ2n) is 9.04. The molecule has 0 spiro atoms. The normalized spacial score (nSPS) is 12.2. The molecule has 0 fully saturated rings. The molecule has 0 radical (unpaired) electrons. The van der Waals surface area contributed by atoms with Crippen LogP contribution in [0.15, 0.2) is 104 Å². The summed E-state index contributed by atoms with van der Waals surface area (Å²) in [4.78, 5) is 7.80. The minimum atomic E-state index is -4.81. The lowest BCUT2D eigenvalue weighted by molar-refractivity contribution is -0.275. The molecule has 0 aliphatic carbocycles. The predicted octanol–water partition coefficient (Wildman–Crippen LogP) is 8.82. The minimum absolute atomic E-state index is 0.114. The first-order valence-corrected chi connectivity index (χ1v) is 12.3. The van der Waals surface area contributed by atoms with Crippen LogP contribution in [0.1, 0.15) is 5.69 Å². The molecule has 44 heavy (non-hydrogen) atoms.